The molecular weight excluding hydrogens is 304 g/mol. The molecule has 0 saturated heterocycles. The number of benzene rings is 2. The van der Waals surface area contributed by atoms with Crippen molar-refractivity contribution in [2.45, 2.75) is 39.0 Å². The van der Waals surface area contributed by atoms with E-state index < -0.39 is 0 Å². The molecule has 0 aliphatic carbocycles. The van der Waals surface area contributed by atoms with E-state index in [0.717, 1.165) is 35.5 Å². The Labute approximate surface area is 145 Å². The van der Waals surface area contributed by atoms with Crippen LogP contribution in [0, 0.1) is 0 Å². The second-order valence-electron chi connectivity index (χ2n) is 5.73. The van der Waals surface area contributed by atoms with Crippen LogP contribution in [0.1, 0.15) is 44.6 Å². The average Bonchev–Trinajstić information content (AvgIpc) is 2.59. The van der Waals surface area contributed by atoms with Gasteiger partial charge in [-0.25, -0.2) is 0 Å². The fourth-order valence-electron chi connectivity index (χ4n) is 2.50. The van der Waals surface area contributed by atoms with E-state index in [0.29, 0.717) is 5.02 Å². The van der Waals surface area contributed by atoms with Crippen molar-refractivity contribution in [3.05, 3.63) is 59.6 Å². The third kappa shape index (κ3) is 5.44. The number of ether oxygens (including phenoxy) is 1. The van der Waals surface area contributed by atoms with Gasteiger partial charge in [-0.3, -0.25) is 0 Å². The predicted octanol–water partition coefficient (Wildman–Crippen LogP) is 7.00. The van der Waals surface area contributed by atoms with Crippen molar-refractivity contribution >= 4 is 17.7 Å². The molecule has 0 radical (unpaired) electrons. The third-order valence-electron chi connectivity index (χ3n) is 3.92. The third-order valence-corrected chi connectivity index (χ3v) is 4.21. The number of unbranched alkanes of at least 4 members (excludes halogenated alkanes) is 4. The first-order valence-corrected chi connectivity index (χ1v) is 8.77. The van der Waals surface area contributed by atoms with Gasteiger partial charge in [0.05, 0.1) is 11.6 Å². The molecule has 2 aromatic rings. The monoisotopic (exact) mass is 328 g/mol. The Hall–Kier alpha value is -1.73. The zero-order chi connectivity index (χ0) is 16.5. The van der Waals surface area contributed by atoms with E-state index in [-0.39, 0.29) is 0 Å². The SMILES string of the molecule is C=Cc1ccc(-c2ccc(OCCCCCCC)c(Cl)c2)cc1. The molecular formula is C21H25ClO. The first-order valence-electron chi connectivity index (χ1n) is 8.40. The van der Waals surface area contributed by atoms with E-state index >= 15 is 0 Å². The summed E-state index contributed by atoms with van der Waals surface area (Å²) in [6, 6.07) is 14.3. The minimum absolute atomic E-state index is 0.670. The molecule has 0 N–H and O–H groups in total. The molecule has 0 unspecified atom stereocenters. The van der Waals surface area contributed by atoms with E-state index in [2.05, 4.69) is 43.8 Å². The molecule has 122 valence electrons. The average molecular weight is 329 g/mol. The Balaban J connectivity index is 1.93. The van der Waals surface area contributed by atoms with Gasteiger partial charge >= 0.3 is 0 Å². The Morgan fingerprint density at radius 3 is 2.30 bits per heavy atom. The standard InChI is InChI=1S/C21H25ClO/c1-3-5-6-7-8-15-23-21-14-13-19(16-20(21)22)18-11-9-17(4-2)10-12-18/h4,9-14,16H,2-3,5-8,15H2,1H3. The Bertz CT molecular complexity index is 616. The zero-order valence-electron chi connectivity index (χ0n) is 13.9. The normalized spacial score (nSPS) is 10.5. The second kappa shape index (κ2) is 9.42. The highest BCUT2D eigenvalue weighted by Crippen LogP contribution is 2.30. The van der Waals surface area contributed by atoms with Crippen molar-refractivity contribution in [2.75, 3.05) is 6.61 Å². The van der Waals surface area contributed by atoms with Gasteiger partial charge in [-0.2, -0.15) is 0 Å². The maximum absolute atomic E-state index is 6.36. The second-order valence-corrected chi connectivity index (χ2v) is 6.14. The van der Waals surface area contributed by atoms with Crippen LogP contribution < -0.4 is 4.74 Å². The number of rotatable bonds is 9. The molecule has 0 spiro atoms. The van der Waals surface area contributed by atoms with Crippen molar-refractivity contribution in [1.82, 2.24) is 0 Å². The van der Waals surface area contributed by atoms with Gasteiger partial charge in [0.1, 0.15) is 5.75 Å². The van der Waals surface area contributed by atoms with Crippen molar-refractivity contribution in [1.29, 1.82) is 0 Å². The van der Waals surface area contributed by atoms with E-state index in [1.165, 1.54) is 25.7 Å². The fraction of sp³-hybridized carbons (Fsp3) is 0.333. The summed E-state index contributed by atoms with van der Waals surface area (Å²) in [5, 5.41) is 0.670. The van der Waals surface area contributed by atoms with Crippen LogP contribution in [-0.4, -0.2) is 6.61 Å². The number of halogens is 1. The van der Waals surface area contributed by atoms with Crippen molar-refractivity contribution in [3.8, 4) is 16.9 Å². The Kier molecular flexibility index (Phi) is 7.22. The highest BCUT2D eigenvalue weighted by Gasteiger charge is 2.05. The summed E-state index contributed by atoms with van der Waals surface area (Å²) in [4.78, 5) is 0. The summed E-state index contributed by atoms with van der Waals surface area (Å²) in [6.45, 7) is 6.73. The first-order chi connectivity index (χ1) is 11.2. The van der Waals surface area contributed by atoms with Gasteiger partial charge in [-0.05, 0) is 35.2 Å². The Morgan fingerprint density at radius 2 is 1.65 bits per heavy atom. The molecule has 0 aliphatic heterocycles. The maximum Gasteiger partial charge on any atom is 0.137 e. The molecule has 0 aromatic heterocycles. The molecule has 2 heteroatoms. The summed E-state index contributed by atoms with van der Waals surface area (Å²) >= 11 is 6.36. The summed E-state index contributed by atoms with van der Waals surface area (Å²) in [5.74, 6) is 0.772. The van der Waals surface area contributed by atoms with Gasteiger partial charge in [0.2, 0.25) is 0 Å². The molecule has 2 rings (SSSR count). The molecule has 0 amide bonds. The molecule has 0 aliphatic rings. The summed E-state index contributed by atoms with van der Waals surface area (Å²) in [5.41, 5.74) is 3.35. The smallest absolute Gasteiger partial charge is 0.137 e. The Morgan fingerprint density at radius 1 is 0.957 bits per heavy atom. The molecule has 0 heterocycles. The highest BCUT2D eigenvalue weighted by atomic mass is 35.5. The molecule has 0 saturated carbocycles. The quantitative estimate of drug-likeness (QED) is 0.450. The minimum atomic E-state index is 0.670. The largest absolute Gasteiger partial charge is 0.492 e. The fourth-order valence-corrected chi connectivity index (χ4v) is 2.73. The van der Waals surface area contributed by atoms with Crippen LogP contribution in [-0.2, 0) is 0 Å². The van der Waals surface area contributed by atoms with Crippen LogP contribution >= 0.6 is 11.6 Å². The van der Waals surface area contributed by atoms with Crippen LogP contribution in [0.25, 0.3) is 17.2 Å². The lowest BCUT2D eigenvalue weighted by molar-refractivity contribution is 0.305. The lowest BCUT2D eigenvalue weighted by Crippen LogP contribution is -1.98. The number of hydrogen-bond acceptors (Lipinski definition) is 1. The molecule has 23 heavy (non-hydrogen) atoms. The van der Waals surface area contributed by atoms with Crippen LogP contribution in [0.15, 0.2) is 49.0 Å². The van der Waals surface area contributed by atoms with Gasteiger partial charge in [0.25, 0.3) is 0 Å². The summed E-state index contributed by atoms with van der Waals surface area (Å²) in [7, 11) is 0. The van der Waals surface area contributed by atoms with Gasteiger partial charge in [-0.1, -0.05) is 87.2 Å². The minimum Gasteiger partial charge on any atom is -0.492 e. The van der Waals surface area contributed by atoms with Crippen molar-refractivity contribution in [2.24, 2.45) is 0 Å². The van der Waals surface area contributed by atoms with Gasteiger partial charge in [0, 0.05) is 0 Å². The lowest BCUT2D eigenvalue weighted by atomic mass is 10.0. The van der Waals surface area contributed by atoms with E-state index in [9.17, 15) is 0 Å². The first kappa shape index (κ1) is 17.6. The molecule has 2 aromatic carbocycles. The van der Waals surface area contributed by atoms with Gasteiger partial charge in [-0.15, -0.1) is 0 Å². The lowest BCUT2D eigenvalue weighted by Gasteiger charge is -2.10. The molecule has 1 nitrogen and oxygen atoms in total. The van der Waals surface area contributed by atoms with Gasteiger partial charge in [0.15, 0.2) is 0 Å². The summed E-state index contributed by atoms with van der Waals surface area (Å²) in [6.07, 6.45) is 8.00. The molecule has 0 atom stereocenters. The van der Waals surface area contributed by atoms with Crippen LogP contribution in [0.2, 0.25) is 5.02 Å². The van der Waals surface area contributed by atoms with Crippen LogP contribution in [0.4, 0.5) is 0 Å². The van der Waals surface area contributed by atoms with E-state index in [4.69, 9.17) is 16.3 Å². The van der Waals surface area contributed by atoms with Crippen molar-refractivity contribution in [3.63, 3.8) is 0 Å². The van der Waals surface area contributed by atoms with Gasteiger partial charge < -0.3 is 4.74 Å². The van der Waals surface area contributed by atoms with E-state index in [1.54, 1.807) is 0 Å². The number of hydrogen-bond donors (Lipinski definition) is 0. The van der Waals surface area contributed by atoms with Crippen molar-refractivity contribution < 1.29 is 4.74 Å². The van der Waals surface area contributed by atoms with Crippen LogP contribution in [0.3, 0.4) is 0 Å². The van der Waals surface area contributed by atoms with Crippen LogP contribution in [0.5, 0.6) is 5.75 Å². The molecule has 0 fully saturated rings. The molecule has 0 bridgehead atoms. The zero-order valence-corrected chi connectivity index (χ0v) is 14.6. The summed E-state index contributed by atoms with van der Waals surface area (Å²) < 4.78 is 5.80. The highest BCUT2D eigenvalue weighted by molar-refractivity contribution is 6.32. The topological polar surface area (TPSA) is 9.23 Å². The van der Waals surface area contributed by atoms with E-state index in [1.807, 2.05) is 18.2 Å². The predicted molar refractivity (Wildman–Crippen MR) is 101 cm³/mol. The maximum atomic E-state index is 6.36.